The smallest absolute Gasteiger partial charge is 0.217 e. The van der Waals surface area contributed by atoms with Gasteiger partial charge in [0.2, 0.25) is 5.91 Å². The van der Waals surface area contributed by atoms with Crippen LogP contribution in [0.4, 0.5) is 0 Å². The van der Waals surface area contributed by atoms with Gasteiger partial charge in [-0.1, -0.05) is 42.5 Å². The Bertz CT molecular complexity index is 534. The number of rotatable bonds is 4. The van der Waals surface area contributed by atoms with Gasteiger partial charge in [-0.3, -0.25) is 4.79 Å². The minimum atomic E-state index is -0.135. The molecule has 3 heteroatoms. The Morgan fingerprint density at radius 1 is 1.00 bits per heavy atom. The first kappa shape index (κ1) is 13.1. The van der Waals surface area contributed by atoms with E-state index in [-0.39, 0.29) is 11.9 Å². The third kappa shape index (κ3) is 3.35. The van der Waals surface area contributed by atoms with Crippen molar-refractivity contribution in [3.8, 4) is 5.75 Å². The molecule has 0 aliphatic heterocycles. The fourth-order valence-corrected chi connectivity index (χ4v) is 2.00. The van der Waals surface area contributed by atoms with E-state index in [1.807, 2.05) is 54.6 Å². The van der Waals surface area contributed by atoms with Gasteiger partial charge >= 0.3 is 0 Å². The topological polar surface area (TPSA) is 38.3 Å². The van der Waals surface area contributed by atoms with Crippen molar-refractivity contribution in [1.82, 2.24) is 5.32 Å². The molecule has 2 rings (SSSR count). The highest BCUT2D eigenvalue weighted by atomic mass is 16.5. The van der Waals surface area contributed by atoms with Crippen LogP contribution in [0.25, 0.3) is 0 Å². The molecule has 0 aliphatic rings. The van der Waals surface area contributed by atoms with Gasteiger partial charge in [-0.25, -0.2) is 0 Å². The summed E-state index contributed by atoms with van der Waals surface area (Å²) in [7, 11) is 1.64. The number of benzene rings is 2. The van der Waals surface area contributed by atoms with Gasteiger partial charge in [-0.05, 0) is 23.3 Å². The molecule has 0 saturated heterocycles. The third-order valence-corrected chi connectivity index (χ3v) is 2.93. The lowest BCUT2D eigenvalue weighted by molar-refractivity contribution is -0.119. The van der Waals surface area contributed by atoms with Gasteiger partial charge < -0.3 is 10.1 Å². The fraction of sp³-hybridized carbons (Fsp3) is 0.188. The molecule has 0 radical (unpaired) electrons. The standard InChI is InChI=1S/C16H17NO2/c1-12(18)17-16(13-6-4-3-5-7-13)14-8-10-15(19-2)11-9-14/h3-11,16H,1-2H3,(H,17,18)/t16-/m1/s1. The van der Waals surface area contributed by atoms with E-state index in [2.05, 4.69) is 5.32 Å². The Labute approximate surface area is 113 Å². The molecule has 0 bridgehead atoms. The normalized spacial score (nSPS) is 11.7. The van der Waals surface area contributed by atoms with Crippen molar-refractivity contribution in [2.24, 2.45) is 0 Å². The van der Waals surface area contributed by atoms with E-state index in [4.69, 9.17) is 4.74 Å². The first-order chi connectivity index (χ1) is 9.20. The zero-order valence-electron chi connectivity index (χ0n) is 11.1. The van der Waals surface area contributed by atoms with Gasteiger partial charge in [-0.2, -0.15) is 0 Å². The van der Waals surface area contributed by atoms with E-state index >= 15 is 0 Å². The summed E-state index contributed by atoms with van der Waals surface area (Å²) < 4.78 is 5.15. The first-order valence-electron chi connectivity index (χ1n) is 6.16. The summed E-state index contributed by atoms with van der Waals surface area (Å²) in [6, 6.07) is 17.5. The highest BCUT2D eigenvalue weighted by molar-refractivity contribution is 5.74. The molecule has 0 aromatic heterocycles. The number of hydrogen-bond donors (Lipinski definition) is 1. The van der Waals surface area contributed by atoms with E-state index in [9.17, 15) is 4.79 Å². The van der Waals surface area contributed by atoms with E-state index in [1.165, 1.54) is 6.92 Å². The number of methoxy groups -OCH3 is 1. The lowest BCUT2D eigenvalue weighted by Crippen LogP contribution is -2.26. The minimum absolute atomic E-state index is 0.0512. The molecule has 2 aromatic carbocycles. The Morgan fingerprint density at radius 2 is 1.58 bits per heavy atom. The molecule has 0 spiro atoms. The van der Waals surface area contributed by atoms with E-state index in [0.717, 1.165) is 16.9 Å². The summed E-state index contributed by atoms with van der Waals surface area (Å²) >= 11 is 0. The monoisotopic (exact) mass is 255 g/mol. The predicted molar refractivity (Wildman–Crippen MR) is 75.1 cm³/mol. The maximum Gasteiger partial charge on any atom is 0.217 e. The van der Waals surface area contributed by atoms with Crippen molar-refractivity contribution in [3.63, 3.8) is 0 Å². The number of nitrogens with one attached hydrogen (secondary N) is 1. The van der Waals surface area contributed by atoms with Crippen LogP contribution >= 0.6 is 0 Å². The van der Waals surface area contributed by atoms with Crippen LogP contribution in [0.2, 0.25) is 0 Å². The molecule has 1 amide bonds. The molecule has 2 aromatic rings. The van der Waals surface area contributed by atoms with Crippen LogP contribution in [0.15, 0.2) is 54.6 Å². The molecule has 3 nitrogen and oxygen atoms in total. The number of carbonyl (C=O) groups is 1. The summed E-state index contributed by atoms with van der Waals surface area (Å²) in [5.41, 5.74) is 2.09. The van der Waals surface area contributed by atoms with Crippen molar-refractivity contribution in [2.75, 3.05) is 7.11 Å². The van der Waals surface area contributed by atoms with Crippen LogP contribution in [0.1, 0.15) is 24.1 Å². The first-order valence-corrected chi connectivity index (χ1v) is 6.16. The largest absolute Gasteiger partial charge is 0.497 e. The summed E-state index contributed by atoms with van der Waals surface area (Å²) in [5.74, 6) is 0.753. The number of hydrogen-bond acceptors (Lipinski definition) is 2. The van der Waals surface area contributed by atoms with E-state index in [1.54, 1.807) is 7.11 Å². The number of carbonyl (C=O) groups excluding carboxylic acids is 1. The number of amides is 1. The Kier molecular flexibility index (Phi) is 4.18. The molecule has 0 unspecified atom stereocenters. The van der Waals surface area contributed by atoms with Crippen molar-refractivity contribution in [1.29, 1.82) is 0 Å². The van der Waals surface area contributed by atoms with Crippen LogP contribution in [0.5, 0.6) is 5.75 Å². The van der Waals surface area contributed by atoms with Crippen molar-refractivity contribution < 1.29 is 9.53 Å². The SMILES string of the molecule is COc1ccc([C@H](NC(C)=O)c2ccccc2)cc1. The second-order valence-electron chi connectivity index (χ2n) is 4.32. The highest BCUT2D eigenvalue weighted by Gasteiger charge is 2.14. The Hall–Kier alpha value is -2.29. The Balaban J connectivity index is 2.34. The highest BCUT2D eigenvalue weighted by Crippen LogP contribution is 2.23. The lowest BCUT2D eigenvalue weighted by Gasteiger charge is -2.19. The van der Waals surface area contributed by atoms with Gasteiger partial charge in [0.05, 0.1) is 13.2 Å². The second kappa shape index (κ2) is 6.05. The summed E-state index contributed by atoms with van der Waals surface area (Å²) in [6.07, 6.45) is 0. The zero-order chi connectivity index (χ0) is 13.7. The quantitative estimate of drug-likeness (QED) is 0.912. The molecule has 1 N–H and O–H groups in total. The summed E-state index contributed by atoms with van der Waals surface area (Å²) in [5, 5.41) is 2.97. The average Bonchev–Trinajstić information content (AvgIpc) is 2.46. The van der Waals surface area contributed by atoms with Crippen molar-refractivity contribution in [2.45, 2.75) is 13.0 Å². The molecular weight excluding hydrogens is 238 g/mol. The van der Waals surface area contributed by atoms with Crippen molar-refractivity contribution in [3.05, 3.63) is 65.7 Å². The predicted octanol–water partition coefficient (Wildman–Crippen LogP) is 2.92. The van der Waals surface area contributed by atoms with Crippen molar-refractivity contribution >= 4 is 5.91 Å². The van der Waals surface area contributed by atoms with Crippen LogP contribution < -0.4 is 10.1 Å². The van der Waals surface area contributed by atoms with Gasteiger partial charge in [-0.15, -0.1) is 0 Å². The van der Waals surface area contributed by atoms with Crippen LogP contribution in [-0.4, -0.2) is 13.0 Å². The summed E-state index contributed by atoms with van der Waals surface area (Å²) in [6.45, 7) is 1.53. The molecule has 19 heavy (non-hydrogen) atoms. The molecular formula is C16H17NO2. The molecule has 0 aliphatic carbocycles. The van der Waals surface area contributed by atoms with Gasteiger partial charge in [0.25, 0.3) is 0 Å². The number of ether oxygens (including phenoxy) is 1. The maximum atomic E-state index is 11.4. The molecule has 0 saturated carbocycles. The van der Waals surface area contributed by atoms with Gasteiger partial charge in [0.1, 0.15) is 5.75 Å². The fourth-order valence-electron chi connectivity index (χ4n) is 2.00. The molecule has 0 heterocycles. The summed E-state index contributed by atoms with van der Waals surface area (Å²) in [4.78, 5) is 11.4. The lowest BCUT2D eigenvalue weighted by atomic mass is 9.98. The van der Waals surface area contributed by atoms with E-state index in [0.29, 0.717) is 0 Å². The molecule has 0 fully saturated rings. The zero-order valence-corrected chi connectivity index (χ0v) is 11.1. The second-order valence-corrected chi connectivity index (χ2v) is 4.32. The van der Waals surface area contributed by atoms with Crippen LogP contribution in [0.3, 0.4) is 0 Å². The average molecular weight is 255 g/mol. The minimum Gasteiger partial charge on any atom is -0.497 e. The van der Waals surface area contributed by atoms with Gasteiger partial charge in [0.15, 0.2) is 0 Å². The van der Waals surface area contributed by atoms with Crippen LogP contribution in [-0.2, 0) is 4.79 Å². The molecule has 98 valence electrons. The van der Waals surface area contributed by atoms with Crippen LogP contribution in [0, 0.1) is 0 Å². The van der Waals surface area contributed by atoms with Gasteiger partial charge in [0, 0.05) is 6.92 Å². The van der Waals surface area contributed by atoms with E-state index < -0.39 is 0 Å². The third-order valence-electron chi connectivity index (χ3n) is 2.93. The Morgan fingerprint density at radius 3 is 2.11 bits per heavy atom. The molecule has 1 atom stereocenters. The maximum absolute atomic E-state index is 11.4.